The van der Waals surface area contributed by atoms with Gasteiger partial charge in [0.1, 0.15) is 16.4 Å². The molecule has 3 rings (SSSR count). The van der Waals surface area contributed by atoms with Crippen molar-refractivity contribution in [2.24, 2.45) is 11.0 Å². The van der Waals surface area contributed by atoms with E-state index in [1.54, 1.807) is 0 Å². The molecule has 28 heavy (non-hydrogen) atoms. The predicted molar refractivity (Wildman–Crippen MR) is 103 cm³/mol. The summed E-state index contributed by atoms with van der Waals surface area (Å²) in [6.45, 7) is 0.249. The van der Waals surface area contributed by atoms with Crippen molar-refractivity contribution in [3.8, 4) is 0 Å². The lowest BCUT2D eigenvalue weighted by Crippen LogP contribution is -2.41. The number of rotatable bonds is 5. The van der Waals surface area contributed by atoms with Crippen LogP contribution in [0.2, 0.25) is 5.02 Å². The average Bonchev–Trinajstić information content (AvgIpc) is 2.69. The summed E-state index contributed by atoms with van der Waals surface area (Å²) in [5, 5.41) is 3.94. The zero-order valence-corrected chi connectivity index (χ0v) is 16.4. The fraction of sp³-hybridized carbons (Fsp3) is 0.368. The monoisotopic (exact) mass is 425 g/mol. The molecule has 148 valence electrons. The number of hydrogen-bond acceptors (Lipinski definition) is 3. The summed E-state index contributed by atoms with van der Waals surface area (Å²) in [7, 11) is -4.05. The van der Waals surface area contributed by atoms with E-state index >= 15 is 0 Å². The van der Waals surface area contributed by atoms with Crippen molar-refractivity contribution in [2.45, 2.75) is 35.3 Å². The van der Waals surface area contributed by atoms with Crippen molar-refractivity contribution >= 4 is 21.4 Å². The third-order valence-electron chi connectivity index (χ3n) is 5.37. The summed E-state index contributed by atoms with van der Waals surface area (Å²) < 4.78 is 54.2. The molecule has 0 unspecified atom stereocenters. The molecule has 0 N–H and O–H groups in total. The molecular formula is C19H18ClF2N3O2S. The van der Waals surface area contributed by atoms with Crippen molar-refractivity contribution in [1.29, 1.82) is 0 Å². The lowest BCUT2D eigenvalue weighted by molar-refractivity contribution is 0.291. The summed E-state index contributed by atoms with van der Waals surface area (Å²) in [6, 6.07) is 8.56. The van der Waals surface area contributed by atoms with Crippen LogP contribution in [-0.2, 0) is 14.6 Å². The second-order valence-corrected chi connectivity index (χ2v) is 9.63. The van der Waals surface area contributed by atoms with Gasteiger partial charge in [0, 0.05) is 22.0 Å². The number of halogens is 3. The zero-order valence-electron chi connectivity index (χ0n) is 14.9. The van der Waals surface area contributed by atoms with E-state index in [0.717, 1.165) is 18.2 Å². The molecular weight excluding hydrogens is 408 g/mol. The molecule has 2 aromatic rings. The quantitative estimate of drug-likeness (QED) is 0.345. The van der Waals surface area contributed by atoms with Gasteiger partial charge < -0.3 is 0 Å². The van der Waals surface area contributed by atoms with Crippen LogP contribution in [0.1, 0.15) is 31.2 Å². The highest BCUT2D eigenvalue weighted by Crippen LogP contribution is 2.49. The molecule has 0 aromatic heterocycles. The largest absolute Gasteiger partial charge is 0.223 e. The van der Waals surface area contributed by atoms with Gasteiger partial charge in [0.15, 0.2) is 9.84 Å². The molecule has 1 aliphatic carbocycles. The van der Waals surface area contributed by atoms with Crippen molar-refractivity contribution in [2.75, 3.05) is 6.54 Å². The van der Waals surface area contributed by atoms with Crippen LogP contribution in [0, 0.1) is 17.6 Å². The second kappa shape index (κ2) is 8.07. The first-order valence-electron chi connectivity index (χ1n) is 8.77. The molecule has 0 heterocycles. The van der Waals surface area contributed by atoms with Crippen LogP contribution >= 0.6 is 11.6 Å². The SMILES string of the molecule is [N-]=[N+]=NC[C@H]1CC[C@@](c2cc(F)ccc2F)(S(=O)(=O)c2ccc(Cl)cc2)CC1. The van der Waals surface area contributed by atoms with Gasteiger partial charge in [-0.2, -0.15) is 0 Å². The Bertz CT molecular complexity index is 1010. The van der Waals surface area contributed by atoms with Gasteiger partial charge in [-0.3, -0.25) is 0 Å². The summed E-state index contributed by atoms with van der Waals surface area (Å²) in [5.74, 6) is -1.45. The number of benzene rings is 2. The third kappa shape index (κ3) is 3.72. The third-order valence-corrected chi connectivity index (χ3v) is 8.18. The highest BCUT2D eigenvalue weighted by molar-refractivity contribution is 7.92. The first-order chi connectivity index (χ1) is 13.3. The molecule has 1 fully saturated rings. The molecule has 0 spiro atoms. The summed E-state index contributed by atoms with van der Waals surface area (Å²) in [6.07, 6.45) is 1.04. The van der Waals surface area contributed by atoms with E-state index in [9.17, 15) is 17.2 Å². The van der Waals surface area contributed by atoms with Gasteiger partial charge in [-0.15, -0.1) is 0 Å². The molecule has 5 nitrogen and oxygen atoms in total. The first-order valence-corrected chi connectivity index (χ1v) is 10.6. The maximum atomic E-state index is 14.7. The molecule has 0 bridgehead atoms. The Hall–Kier alpha value is -2.15. The Labute approximate surface area is 166 Å². The van der Waals surface area contributed by atoms with E-state index in [1.807, 2.05) is 0 Å². The number of nitrogens with zero attached hydrogens (tertiary/aromatic N) is 3. The van der Waals surface area contributed by atoms with Crippen LogP contribution in [0.5, 0.6) is 0 Å². The van der Waals surface area contributed by atoms with Gasteiger partial charge in [0.05, 0.1) is 4.90 Å². The highest BCUT2D eigenvalue weighted by Gasteiger charge is 2.49. The molecule has 1 saturated carbocycles. The average molecular weight is 426 g/mol. The maximum Gasteiger partial charge on any atom is 0.188 e. The fourth-order valence-electron chi connectivity index (χ4n) is 3.85. The van der Waals surface area contributed by atoms with Crippen molar-refractivity contribution in [3.05, 3.63) is 75.1 Å². The molecule has 0 amide bonds. The van der Waals surface area contributed by atoms with E-state index in [-0.39, 0.29) is 35.8 Å². The van der Waals surface area contributed by atoms with E-state index in [0.29, 0.717) is 17.9 Å². The van der Waals surface area contributed by atoms with E-state index in [4.69, 9.17) is 17.1 Å². The van der Waals surface area contributed by atoms with Crippen LogP contribution in [0.25, 0.3) is 10.4 Å². The molecule has 9 heteroatoms. The topological polar surface area (TPSA) is 82.9 Å². The smallest absolute Gasteiger partial charge is 0.188 e. The minimum absolute atomic E-state index is 0.000984. The lowest BCUT2D eigenvalue weighted by Gasteiger charge is -2.40. The Morgan fingerprint density at radius 1 is 1.14 bits per heavy atom. The van der Waals surface area contributed by atoms with Gasteiger partial charge in [0.2, 0.25) is 0 Å². The van der Waals surface area contributed by atoms with Crippen molar-refractivity contribution < 1.29 is 17.2 Å². The minimum atomic E-state index is -4.05. The number of hydrogen-bond donors (Lipinski definition) is 0. The molecule has 0 atom stereocenters. The second-order valence-electron chi connectivity index (χ2n) is 6.93. The molecule has 0 saturated heterocycles. The molecule has 1 aliphatic rings. The number of sulfone groups is 1. The molecule has 0 aliphatic heterocycles. The number of azide groups is 1. The fourth-order valence-corrected chi connectivity index (χ4v) is 6.14. The maximum absolute atomic E-state index is 14.7. The Morgan fingerprint density at radius 2 is 1.79 bits per heavy atom. The van der Waals surface area contributed by atoms with Crippen LogP contribution < -0.4 is 0 Å². The minimum Gasteiger partial charge on any atom is -0.223 e. The van der Waals surface area contributed by atoms with E-state index < -0.39 is 26.2 Å². The van der Waals surface area contributed by atoms with Crippen LogP contribution in [-0.4, -0.2) is 15.0 Å². The predicted octanol–water partition coefficient (Wildman–Crippen LogP) is 5.79. The summed E-state index contributed by atoms with van der Waals surface area (Å²) in [4.78, 5) is 2.75. The first kappa shape index (κ1) is 20.6. The molecule has 0 radical (unpaired) electrons. The molecule has 2 aromatic carbocycles. The van der Waals surface area contributed by atoms with E-state index in [2.05, 4.69) is 10.0 Å². The van der Waals surface area contributed by atoms with E-state index in [1.165, 1.54) is 24.3 Å². The standard InChI is InChI=1S/C19H18ClF2N3O2S/c20-14-1-4-16(5-2-14)28(26,27)19(17-11-15(21)3-6-18(17)22)9-7-13(8-10-19)12-24-25-23/h1-6,11,13H,7-10,12H2/t13-,19+. The summed E-state index contributed by atoms with van der Waals surface area (Å²) >= 11 is 5.87. The van der Waals surface area contributed by atoms with Gasteiger partial charge in [-0.05, 0) is 79.6 Å². The Morgan fingerprint density at radius 3 is 2.39 bits per heavy atom. The summed E-state index contributed by atoms with van der Waals surface area (Å²) in [5.41, 5.74) is 8.34. The van der Waals surface area contributed by atoms with Crippen LogP contribution in [0.3, 0.4) is 0 Å². The Kier molecular flexibility index (Phi) is 5.93. The normalized spacial score (nSPS) is 22.5. The highest BCUT2D eigenvalue weighted by atomic mass is 35.5. The Balaban J connectivity index is 2.12. The van der Waals surface area contributed by atoms with Gasteiger partial charge in [-0.1, -0.05) is 16.7 Å². The van der Waals surface area contributed by atoms with Gasteiger partial charge >= 0.3 is 0 Å². The van der Waals surface area contributed by atoms with Gasteiger partial charge in [0.25, 0.3) is 0 Å². The van der Waals surface area contributed by atoms with Gasteiger partial charge in [-0.25, -0.2) is 17.2 Å². The van der Waals surface area contributed by atoms with Crippen molar-refractivity contribution in [1.82, 2.24) is 0 Å². The van der Waals surface area contributed by atoms with Crippen LogP contribution in [0.15, 0.2) is 52.5 Å². The zero-order chi connectivity index (χ0) is 20.4. The van der Waals surface area contributed by atoms with Crippen molar-refractivity contribution in [3.63, 3.8) is 0 Å². The lowest BCUT2D eigenvalue weighted by atomic mass is 9.77. The van der Waals surface area contributed by atoms with Crippen LogP contribution in [0.4, 0.5) is 8.78 Å².